The molecule has 0 amide bonds. The molecular formula is C14H22FNO. The van der Waals surface area contributed by atoms with Crippen LogP contribution in [-0.2, 0) is 0 Å². The minimum absolute atomic E-state index is 0.190. The van der Waals surface area contributed by atoms with E-state index in [1.165, 1.54) is 7.11 Å². The lowest BCUT2D eigenvalue weighted by Crippen LogP contribution is -2.26. The van der Waals surface area contributed by atoms with E-state index in [1.807, 2.05) is 6.07 Å². The zero-order valence-corrected chi connectivity index (χ0v) is 11.1. The van der Waals surface area contributed by atoms with Gasteiger partial charge in [-0.15, -0.1) is 0 Å². The summed E-state index contributed by atoms with van der Waals surface area (Å²) in [7, 11) is 1.48. The molecule has 0 saturated heterocycles. The van der Waals surface area contributed by atoms with Gasteiger partial charge >= 0.3 is 0 Å². The molecule has 1 unspecified atom stereocenters. The molecule has 17 heavy (non-hydrogen) atoms. The second-order valence-electron chi connectivity index (χ2n) is 4.57. The van der Waals surface area contributed by atoms with Gasteiger partial charge in [0.05, 0.1) is 7.11 Å². The van der Waals surface area contributed by atoms with Gasteiger partial charge in [0, 0.05) is 6.04 Å². The first-order valence-electron chi connectivity index (χ1n) is 6.17. The Morgan fingerprint density at radius 2 is 2.06 bits per heavy atom. The van der Waals surface area contributed by atoms with Crippen LogP contribution in [0.5, 0.6) is 5.75 Å². The van der Waals surface area contributed by atoms with Gasteiger partial charge in [0.1, 0.15) is 0 Å². The summed E-state index contributed by atoms with van der Waals surface area (Å²) in [6.07, 6.45) is 1.07. The monoisotopic (exact) mass is 239 g/mol. The Morgan fingerprint density at radius 3 is 2.53 bits per heavy atom. The Balaban J connectivity index is 2.90. The second-order valence-corrected chi connectivity index (χ2v) is 4.57. The van der Waals surface area contributed by atoms with Crippen molar-refractivity contribution in [1.82, 2.24) is 5.32 Å². The van der Waals surface area contributed by atoms with Crippen LogP contribution in [0.25, 0.3) is 0 Å². The molecule has 0 aromatic heterocycles. The summed E-state index contributed by atoms with van der Waals surface area (Å²) in [5.74, 6) is 0.426. The van der Waals surface area contributed by atoms with E-state index >= 15 is 0 Å². The molecule has 1 aromatic rings. The van der Waals surface area contributed by atoms with Crippen LogP contribution in [0.3, 0.4) is 0 Å². The van der Waals surface area contributed by atoms with Crippen molar-refractivity contribution >= 4 is 0 Å². The first-order valence-corrected chi connectivity index (χ1v) is 6.17. The zero-order valence-electron chi connectivity index (χ0n) is 11.1. The van der Waals surface area contributed by atoms with E-state index in [-0.39, 0.29) is 11.9 Å². The summed E-state index contributed by atoms with van der Waals surface area (Å²) in [5.41, 5.74) is 0.978. The molecule has 0 bridgehead atoms. The lowest BCUT2D eigenvalue weighted by molar-refractivity contribution is 0.381. The van der Waals surface area contributed by atoms with Gasteiger partial charge < -0.3 is 10.1 Å². The van der Waals surface area contributed by atoms with Crippen LogP contribution < -0.4 is 10.1 Å². The fourth-order valence-corrected chi connectivity index (χ4v) is 1.91. The van der Waals surface area contributed by atoms with Crippen LogP contribution in [0.4, 0.5) is 4.39 Å². The molecule has 1 atom stereocenters. The highest BCUT2D eigenvalue weighted by Crippen LogP contribution is 2.26. The van der Waals surface area contributed by atoms with Gasteiger partial charge in [-0.25, -0.2) is 4.39 Å². The third-order valence-electron chi connectivity index (χ3n) is 2.82. The molecule has 0 aliphatic rings. The second kappa shape index (κ2) is 6.60. The van der Waals surface area contributed by atoms with Crippen molar-refractivity contribution in [1.29, 1.82) is 0 Å². The number of nitrogens with one attached hydrogen (secondary N) is 1. The lowest BCUT2D eigenvalue weighted by atomic mass is 9.95. The molecule has 3 heteroatoms. The quantitative estimate of drug-likeness (QED) is 0.820. The highest BCUT2D eigenvalue weighted by Gasteiger charge is 2.16. The molecule has 1 aromatic carbocycles. The Hall–Kier alpha value is -1.09. The Kier molecular flexibility index (Phi) is 5.42. The van der Waals surface area contributed by atoms with E-state index in [9.17, 15) is 4.39 Å². The molecule has 0 heterocycles. The van der Waals surface area contributed by atoms with Crippen LogP contribution in [0, 0.1) is 11.7 Å². The van der Waals surface area contributed by atoms with Crippen LogP contribution in [-0.4, -0.2) is 13.7 Å². The van der Waals surface area contributed by atoms with Crippen molar-refractivity contribution in [2.45, 2.75) is 33.2 Å². The van der Waals surface area contributed by atoms with Gasteiger partial charge in [0.2, 0.25) is 0 Å². The first kappa shape index (κ1) is 14.0. The number of rotatable bonds is 6. The third-order valence-corrected chi connectivity index (χ3v) is 2.82. The first-order chi connectivity index (χ1) is 8.10. The molecule has 0 spiro atoms. The largest absolute Gasteiger partial charge is 0.494 e. The lowest BCUT2D eigenvalue weighted by Gasteiger charge is -2.23. The summed E-state index contributed by atoms with van der Waals surface area (Å²) >= 11 is 0. The smallest absolute Gasteiger partial charge is 0.165 e. The fourth-order valence-electron chi connectivity index (χ4n) is 1.91. The van der Waals surface area contributed by atoms with Crippen molar-refractivity contribution in [2.24, 2.45) is 5.92 Å². The molecule has 0 aliphatic heterocycles. The maximum absolute atomic E-state index is 13.6. The molecule has 1 N–H and O–H groups in total. The Labute approximate surface area is 103 Å². The third kappa shape index (κ3) is 3.70. The molecular weight excluding hydrogens is 217 g/mol. The minimum atomic E-state index is -0.297. The highest BCUT2D eigenvalue weighted by molar-refractivity contribution is 5.31. The van der Waals surface area contributed by atoms with Gasteiger partial charge in [-0.1, -0.05) is 26.8 Å². The maximum Gasteiger partial charge on any atom is 0.165 e. The molecule has 96 valence electrons. The Morgan fingerprint density at radius 1 is 1.35 bits per heavy atom. The van der Waals surface area contributed by atoms with Gasteiger partial charge in [0.25, 0.3) is 0 Å². The van der Waals surface area contributed by atoms with Crippen molar-refractivity contribution in [3.05, 3.63) is 29.6 Å². The van der Waals surface area contributed by atoms with Crippen molar-refractivity contribution in [2.75, 3.05) is 13.7 Å². The van der Waals surface area contributed by atoms with E-state index in [2.05, 4.69) is 26.1 Å². The zero-order chi connectivity index (χ0) is 12.8. The van der Waals surface area contributed by atoms with E-state index in [1.54, 1.807) is 12.1 Å². The molecule has 0 radical (unpaired) electrons. The van der Waals surface area contributed by atoms with Crippen LogP contribution in [0.1, 0.15) is 38.8 Å². The van der Waals surface area contributed by atoms with Crippen LogP contribution in [0.2, 0.25) is 0 Å². The average molecular weight is 239 g/mol. The molecule has 0 fully saturated rings. The van der Waals surface area contributed by atoms with Crippen molar-refractivity contribution < 1.29 is 9.13 Å². The normalized spacial score (nSPS) is 12.8. The number of methoxy groups -OCH3 is 1. The van der Waals surface area contributed by atoms with E-state index in [0.29, 0.717) is 11.7 Å². The van der Waals surface area contributed by atoms with Crippen molar-refractivity contribution in [3.8, 4) is 5.75 Å². The van der Waals surface area contributed by atoms with Gasteiger partial charge in [-0.3, -0.25) is 0 Å². The molecule has 0 aliphatic carbocycles. The van der Waals surface area contributed by atoms with Crippen LogP contribution in [0.15, 0.2) is 18.2 Å². The highest BCUT2D eigenvalue weighted by atomic mass is 19.1. The predicted molar refractivity (Wildman–Crippen MR) is 68.8 cm³/mol. The fraction of sp³-hybridized carbons (Fsp3) is 0.571. The Bertz CT molecular complexity index is 352. The maximum atomic E-state index is 13.6. The molecule has 1 rings (SSSR count). The number of hydrogen-bond donors (Lipinski definition) is 1. The van der Waals surface area contributed by atoms with Gasteiger partial charge in [-0.2, -0.15) is 0 Å². The topological polar surface area (TPSA) is 21.3 Å². The van der Waals surface area contributed by atoms with Crippen molar-refractivity contribution in [3.63, 3.8) is 0 Å². The summed E-state index contributed by atoms with van der Waals surface area (Å²) in [6.45, 7) is 7.33. The number of ether oxygens (including phenoxy) is 1. The van der Waals surface area contributed by atoms with E-state index in [0.717, 1.165) is 18.5 Å². The minimum Gasteiger partial charge on any atom is -0.494 e. The summed E-state index contributed by atoms with van der Waals surface area (Å²) in [5, 5.41) is 3.44. The van der Waals surface area contributed by atoms with Crippen LogP contribution >= 0.6 is 0 Å². The summed E-state index contributed by atoms with van der Waals surface area (Å²) in [6, 6.07) is 5.37. The number of hydrogen-bond acceptors (Lipinski definition) is 2. The predicted octanol–water partition coefficient (Wildman–Crippen LogP) is 3.53. The number of benzene rings is 1. The van der Waals surface area contributed by atoms with E-state index < -0.39 is 0 Å². The molecule has 2 nitrogen and oxygen atoms in total. The van der Waals surface area contributed by atoms with Gasteiger partial charge in [0.15, 0.2) is 11.6 Å². The summed E-state index contributed by atoms with van der Waals surface area (Å²) < 4.78 is 18.6. The number of halogens is 1. The van der Waals surface area contributed by atoms with E-state index in [4.69, 9.17) is 4.74 Å². The standard InChI is InChI=1S/C14H22FNO/c1-5-8-16-14(10(2)3)11-6-7-13(17-4)12(15)9-11/h6-7,9-10,14,16H,5,8H2,1-4H3. The van der Waals surface area contributed by atoms with Gasteiger partial charge in [-0.05, 0) is 36.6 Å². The average Bonchev–Trinajstić information content (AvgIpc) is 2.29. The SMILES string of the molecule is CCCNC(c1ccc(OC)c(F)c1)C(C)C. The summed E-state index contributed by atoms with van der Waals surface area (Å²) in [4.78, 5) is 0. The molecule has 0 saturated carbocycles.